The molecule has 3 rings (SSSR count). The van der Waals surface area contributed by atoms with Crippen LogP contribution in [0.15, 0.2) is 29.2 Å². The first kappa shape index (κ1) is 18.8. The van der Waals surface area contributed by atoms with Crippen LogP contribution < -0.4 is 4.72 Å². The van der Waals surface area contributed by atoms with E-state index in [-0.39, 0.29) is 6.54 Å². The molecule has 0 fully saturated rings. The van der Waals surface area contributed by atoms with E-state index in [0.29, 0.717) is 16.2 Å². The molecule has 2 N–H and O–H groups in total. The molecule has 0 atom stereocenters. The number of hydrogen-bond donors (Lipinski definition) is 2. The minimum atomic E-state index is -3.66. The molecule has 7 heteroatoms. The smallest absolute Gasteiger partial charge is 0.242 e. The minimum Gasteiger partial charge on any atom is -0.282 e. The Bertz CT molecular complexity index is 1060. The summed E-state index contributed by atoms with van der Waals surface area (Å²) in [6.07, 6.45) is 0. The lowest BCUT2D eigenvalue weighted by molar-refractivity contribution is 0.581. The quantitative estimate of drug-likeness (QED) is 0.688. The standard InChI is InChI=1S/C19H23N3O2S2/c1-11-7-6-8-16(9-11)10-20-26(23,24)19-15(5)25-14(4)17(19)18-12(2)13(3)21-22-18/h6-9,20H,10H2,1-5H3,(H,21,22). The van der Waals surface area contributed by atoms with E-state index in [9.17, 15) is 8.42 Å². The van der Waals surface area contributed by atoms with Gasteiger partial charge in [0.05, 0.1) is 5.69 Å². The molecule has 0 aliphatic carbocycles. The fourth-order valence-electron chi connectivity index (χ4n) is 3.06. The molecule has 0 unspecified atom stereocenters. The number of sulfonamides is 1. The fraction of sp³-hybridized carbons (Fsp3) is 0.316. The van der Waals surface area contributed by atoms with Gasteiger partial charge in [-0.3, -0.25) is 5.10 Å². The molecule has 0 spiro atoms. The molecular formula is C19H23N3O2S2. The lowest BCUT2D eigenvalue weighted by Crippen LogP contribution is -2.24. The summed E-state index contributed by atoms with van der Waals surface area (Å²) in [7, 11) is -3.66. The zero-order chi connectivity index (χ0) is 19.1. The van der Waals surface area contributed by atoms with Crippen molar-refractivity contribution in [2.45, 2.75) is 46.1 Å². The van der Waals surface area contributed by atoms with Crippen LogP contribution in [0.5, 0.6) is 0 Å². The van der Waals surface area contributed by atoms with Crippen molar-refractivity contribution in [3.8, 4) is 11.3 Å². The second-order valence-corrected chi connectivity index (χ2v) is 9.69. The number of aromatic amines is 1. The van der Waals surface area contributed by atoms with Gasteiger partial charge in [0.15, 0.2) is 0 Å². The molecule has 0 aliphatic rings. The summed E-state index contributed by atoms with van der Waals surface area (Å²) in [4.78, 5) is 2.06. The fourth-order valence-corrected chi connectivity index (χ4v) is 5.93. The topological polar surface area (TPSA) is 74.8 Å². The van der Waals surface area contributed by atoms with Gasteiger partial charge in [-0.05, 0) is 45.7 Å². The van der Waals surface area contributed by atoms with Gasteiger partial charge in [0.2, 0.25) is 10.0 Å². The Hall–Kier alpha value is -1.96. The van der Waals surface area contributed by atoms with Crippen molar-refractivity contribution in [2.24, 2.45) is 0 Å². The second-order valence-electron chi connectivity index (χ2n) is 6.55. The van der Waals surface area contributed by atoms with Crippen LogP contribution in [0.1, 0.15) is 32.1 Å². The minimum absolute atomic E-state index is 0.260. The van der Waals surface area contributed by atoms with Gasteiger partial charge in [0, 0.05) is 27.6 Å². The number of rotatable bonds is 5. The Kier molecular flexibility index (Phi) is 5.05. The Balaban J connectivity index is 2.01. The molecular weight excluding hydrogens is 366 g/mol. The van der Waals surface area contributed by atoms with E-state index in [1.54, 1.807) is 0 Å². The highest BCUT2D eigenvalue weighted by Gasteiger charge is 2.28. The SMILES string of the molecule is Cc1cccc(CNS(=O)(=O)c2c(C)sc(C)c2-c2n[nH]c(C)c2C)c1. The third-order valence-corrected chi connectivity index (χ3v) is 7.23. The van der Waals surface area contributed by atoms with Gasteiger partial charge in [-0.15, -0.1) is 11.3 Å². The molecule has 2 heterocycles. The molecule has 0 saturated heterocycles. The third kappa shape index (κ3) is 3.47. The first-order valence-electron chi connectivity index (χ1n) is 8.38. The van der Waals surface area contributed by atoms with E-state index in [0.717, 1.165) is 32.1 Å². The lowest BCUT2D eigenvalue weighted by Gasteiger charge is -2.10. The maximum absolute atomic E-state index is 13.1. The molecule has 0 amide bonds. The van der Waals surface area contributed by atoms with E-state index in [4.69, 9.17) is 0 Å². The second kappa shape index (κ2) is 6.98. The van der Waals surface area contributed by atoms with Gasteiger partial charge in [-0.1, -0.05) is 29.8 Å². The molecule has 1 aromatic carbocycles. The number of hydrogen-bond acceptors (Lipinski definition) is 4. The van der Waals surface area contributed by atoms with Gasteiger partial charge in [0.1, 0.15) is 4.90 Å². The van der Waals surface area contributed by atoms with Crippen LogP contribution in [-0.4, -0.2) is 18.6 Å². The summed E-state index contributed by atoms with van der Waals surface area (Å²) in [5, 5.41) is 7.31. The van der Waals surface area contributed by atoms with Crippen LogP contribution in [0.25, 0.3) is 11.3 Å². The maximum atomic E-state index is 13.1. The maximum Gasteiger partial charge on any atom is 0.242 e. The van der Waals surface area contributed by atoms with Crippen molar-refractivity contribution >= 4 is 21.4 Å². The number of H-pyrrole nitrogens is 1. The summed E-state index contributed by atoms with van der Waals surface area (Å²) in [6.45, 7) is 9.93. The molecule has 3 aromatic rings. The highest BCUT2D eigenvalue weighted by molar-refractivity contribution is 7.89. The Morgan fingerprint density at radius 1 is 1.12 bits per heavy atom. The number of thiophene rings is 1. The van der Waals surface area contributed by atoms with Crippen LogP contribution >= 0.6 is 11.3 Å². The summed E-state index contributed by atoms with van der Waals surface area (Å²) in [5.41, 5.74) is 5.37. The number of aromatic nitrogens is 2. The summed E-state index contributed by atoms with van der Waals surface area (Å²) in [5.74, 6) is 0. The predicted octanol–water partition coefficient (Wildman–Crippen LogP) is 4.16. The van der Waals surface area contributed by atoms with E-state index in [1.165, 1.54) is 11.3 Å². The van der Waals surface area contributed by atoms with Gasteiger partial charge >= 0.3 is 0 Å². The largest absolute Gasteiger partial charge is 0.282 e. The number of aryl methyl sites for hydroxylation is 4. The highest BCUT2D eigenvalue weighted by atomic mass is 32.2. The van der Waals surface area contributed by atoms with Crippen molar-refractivity contribution in [1.82, 2.24) is 14.9 Å². The molecule has 0 bridgehead atoms. The molecule has 0 aliphatic heterocycles. The molecule has 0 radical (unpaired) electrons. The van der Waals surface area contributed by atoms with Crippen LogP contribution in [0.2, 0.25) is 0 Å². The first-order valence-corrected chi connectivity index (χ1v) is 10.7. The van der Waals surface area contributed by atoms with E-state index in [2.05, 4.69) is 14.9 Å². The van der Waals surface area contributed by atoms with Crippen molar-refractivity contribution in [2.75, 3.05) is 0 Å². The van der Waals surface area contributed by atoms with Crippen molar-refractivity contribution in [1.29, 1.82) is 0 Å². The van der Waals surface area contributed by atoms with Gasteiger partial charge in [-0.25, -0.2) is 13.1 Å². The van der Waals surface area contributed by atoms with E-state index in [1.807, 2.05) is 58.9 Å². The number of nitrogens with one attached hydrogen (secondary N) is 2. The normalized spacial score (nSPS) is 11.9. The van der Waals surface area contributed by atoms with Gasteiger partial charge in [-0.2, -0.15) is 5.10 Å². The monoisotopic (exact) mass is 389 g/mol. The Morgan fingerprint density at radius 2 is 1.85 bits per heavy atom. The molecule has 138 valence electrons. The van der Waals surface area contributed by atoms with Crippen LogP contribution in [0, 0.1) is 34.6 Å². The summed E-state index contributed by atoms with van der Waals surface area (Å²) in [6, 6.07) is 7.82. The summed E-state index contributed by atoms with van der Waals surface area (Å²) >= 11 is 1.49. The molecule has 26 heavy (non-hydrogen) atoms. The van der Waals surface area contributed by atoms with Crippen molar-refractivity contribution < 1.29 is 8.42 Å². The zero-order valence-corrected chi connectivity index (χ0v) is 17.2. The van der Waals surface area contributed by atoms with Crippen LogP contribution in [-0.2, 0) is 16.6 Å². The van der Waals surface area contributed by atoms with Crippen molar-refractivity contribution in [3.63, 3.8) is 0 Å². The molecule has 0 saturated carbocycles. The van der Waals surface area contributed by atoms with Gasteiger partial charge in [0.25, 0.3) is 0 Å². The van der Waals surface area contributed by atoms with Crippen LogP contribution in [0.4, 0.5) is 0 Å². The average Bonchev–Trinajstić information content (AvgIpc) is 3.05. The zero-order valence-electron chi connectivity index (χ0n) is 15.6. The van der Waals surface area contributed by atoms with E-state index < -0.39 is 10.0 Å². The van der Waals surface area contributed by atoms with Crippen molar-refractivity contribution in [3.05, 3.63) is 56.4 Å². The Labute approximate surface area is 158 Å². The molecule has 5 nitrogen and oxygen atoms in total. The highest BCUT2D eigenvalue weighted by Crippen LogP contribution is 2.39. The number of benzene rings is 1. The predicted molar refractivity (Wildman–Crippen MR) is 106 cm³/mol. The van der Waals surface area contributed by atoms with Crippen LogP contribution in [0.3, 0.4) is 0 Å². The van der Waals surface area contributed by atoms with Gasteiger partial charge < -0.3 is 0 Å². The third-order valence-electron chi connectivity index (χ3n) is 4.51. The average molecular weight is 390 g/mol. The lowest BCUT2D eigenvalue weighted by atomic mass is 10.1. The number of nitrogens with zero attached hydrogens (tertiary/aromatic N) is 1. The first-order chi connectivity index (χ1) is 12.2. The molecule has 2 aromatic heterocycles. The Morgan fingerprint density at radius 3 is 2.46 bits per heavy atom. The van der Waals surface area contributed by atoms with E-state index >= 15 is 0 Å². The summed E-state index contributed by atoms with van der Waals surface area (Å²) < 4.78 is 28.9.